The van der Waals surface area contributed by atoms with E-state index in [1.54, 1.807) is 0 Å². The minimum Gasteiger partial charge on any atom is -0.468 e. The van der Waals surface area contributed by atoms with Crippen LogP contribution in [0.15, 0.2) is 0 Å². The van der Waals surface area contributed by atoms with E-state index in [4.69, 9.17) is 4.11 Å². The predicted octanol–water partition coefficient (Wildman–Crippen LogP) is 0.482. The van der Waals surface area contributed by atoms with Crippen molar-refractivity contribution in [3.05, 3.63) is 0 Å². The molecule has 3 nitrogen and oxygen atoms in total. The van der Waals surface area contributed by atoms with Crippen molar-refractivity contribution in [2.75, 3.05) is 18.5 Å². The second kappa shape index (κ2) is 3.76. The van der Waals surface area contributed by atoms with Gasteiger partial charge in [0.15, 0.2) is 0 Å². The Hall–Kier alpha value is -0.510. The number of hydrogen-bond acceptors (Lipinski definition) is 4. The first-order valence-corrected chi connectivity index (χ1v) is 4.39. The summed E-state index contributed by atoms with van der Waals surface area (Å²) in [5, 5.41) is 0. The maximum absolute atomic E-state index is 11.2. The largest absolute Gasteiger partial charge is 0.468 e. The number of esters is 1. The Kier molecular flexibility index (Phi) is 1.77. The molecule has 0 aromatic carbocycles. The monoisotopic (exact) mass is 177 g/mol. The number of thioether (sulfide) groups is 1. The van der Waals surface area contributed by atoms with Gasteiger partial charge in [-0.1, -0.05) is 0 Å². The molecule has 0 bridgehead atoms. The average Bonchev–Trinajstić information content (AvgIpc) is 2.01. The zero-order chi connectivity index (χ0) is 10.8. The Bertz CT molecular complexity index is 251. The van der Waals surface area contributed by atoms with Crippen LogP contribution in [0.1, 0.15) is 10.5 Å². The third-order valence-electron chi connectivity index (χ3n) is 1.55. The molecule has 0 saturated carbocycles. The molecule has 0 aromatic rings. The van der Waals surface area contributed by atoms with Gasteiger partial charge in [-0.05, 0) is 0 Å². The molecule has 0 aliphatic carbocycles. The van der Waals surface area contributed by atoms with Gasteiger partial charge in [-0.25, -0.2) is 0 Å². The third-order valence-corrected chi connectivity index (χ3v) is 2.61. The van der Waals surface area contributed by atoms with Crippen LogP contribution in [0.5, 0.6) is 0 Å². The smallest absolute Gasteiger partial charge is 0.317 e. The fraction of sp³-hybridized carbons (Fsp3) is 0.714. The summed E-state index contributed by atoms with van der Waals surface area (Å²) in [5.74, 6) is -1.03. The van der Waals surface area contributed by atoms with Crippen LogP contribution in [0.2, 0.25) is 0 Å². The first-order chi connectivity index (χ1) is 6.40. The summed E-state index contributed by atoms with van der Waals surface area (Å²) in [6, 6.07) is 0. The topological polar surface area (TPSA) is 43.4 Å². The Labute approximate surface area is 73.7 Å². The summed E-state index contributed by atoms with van der Waals surface area (Å²) in [6.45, 7) is 0. The summed E-state index contributed by atoms with van der Waals surface area (Å²) in [6.07, 6.45) is 0.311. The van der Waals surface area contributed by atoms with E-state index in [-0.39, 0.29) is 5.78 Å². The number of rotatable bonds is 1. The molecule has 1 aliphatic rings. The summed E-state index contributed by atoms with van der Waals surface area (Å²) >= 11 is 1.46. The lowest BCUT2D eigenvalue weighted by atomic mass is 10.0. The minimum absolute atomic E-state index is 0.224. The molecule has 1 atom stereocenters. The van der Waals surface area contributed by atoms with Crippen LogP contribution >= 0.6 is 11.8 Å². The van der Waals surface area contributed by atoms with Crippen molar-refractivity contribution in [2.24, 2.45) is 5.92 Å². The zero-order valence-electron chi connectivity index (χ0n) is 8.83. The lowest BCUT2D eigenvalue weighted by molar-refractivity contribution is -0.148. The third kappa shape index (κ3) is 1.96. The van der Waals surface area contributed by atoms with Crippen LogP contribution in [0.4, 0.5) is 0 Å². The van der Waals surface area contributed by atoms with Crippen LogP contribution in [0, 0.1) is 5.92 Å². The molecule has 0 aromatic heterocycles. The zero-order valence-corrected chi connectivity index (χ0v) is 6.65. The number of carbonyl (C=O) groups excluding carboxylic acids is 2. The van der Waals surface area contributed by atoms with Crippen molar-refractivity contribution in [3.63, 3.8) is 0 Å². The van der Waals surface area contributed by atoms with Crippen LogP contribution in [-0.2, 0) is 14.3 Å². The molecule has 0 spiro atoms. The molecule has 1 saturated heterocycles. The molecule has 0 radical (unpaired) electrons. The van der Waals surface area contributed by atoms with Gasteiger partial charge in [0.1, 0.15) is 11.7 Å². The molecule has 0 amide bonds. The normalized spacial score (nSPS) is 30.0. The van der Waals surface area contributed by atoms with E-state index in [1.165, 1.54) is 11.8 Å². The van der Waals surface area contributed by atoms with E-state index in [9.17, 15) is 9.59 Å². The van der Waals surface area contributed by atoms with E-state index in [0.29, 0.717) is 17.9 Å². The Morgan fingerprint density at radius 1 is 1.91 bits per heavy atom. The maximum Gasteiger partial charge on any atom is 0.317 e. The maximum atomic E-state index is 11.2. The number of hydrogen-bond donors (Lipinski definition) is 0. The standard InChI is InChI=1S/C7H10O3S/c1-10-7(9)5-4-11-3-2-6(5)8/h5H,2-4H2,1H3/i1D3. The molecule has 1 heterocycles. The van der Waals surface area contributed by atoms with Gasteiger partial charge in [-0.15, -0.1) is 0 Å². The number of ketones is 1. The van der Waals surface area contributed by atoms with Gasteiger partial charge in [0.25, 0.3) is 0 Å². The molecule has 0 N–H and O–H groups in total. The van der Waals surface area contributed by atoms with Crippen LogP contribution in [-0.4, -0.2) is 30.3 Å². The van der Waals surface area contributed by atoms with Crippen molar-refractivity contribution >= 4 is 23.5 Å². The number of methoxy groups -OCH3 is 1. The number of Topliss-reactive ketones (excluding diaryl/α,β-unsaturated/α-hetero) is 1. The van der Waals surface area contributed by atoms with Crippen LogP contribution in [0.25, 0.3) is 0 Å². The van der Waals surface area contributed by atoms with Crippen LogP contribution < -0.4 is 0 Å². The molecule has 4 heteroatoms. The van der Waals surface area contributed by atoms with Gasteiger partial charge in [0.2, 0.25) is 0 Å². The molecule has 62 valence electrons. The van der Waals surface area contributed by atoms with E-state index in [0.717, 1.165) is 0 Å². The van der Waals surface area contributed by atoms with Gasteiger partial charge in [-0.3, -0.25) is 9.59 Å². The summed E-state index contributed by atoms with van der Waals surface area (Å²) in [7, 11) is -2.75. The second-order valence-electron chi connectivity index (χ2n) is 2.26. The van der Waals surface area contributed by atoms with E-state index >= 15 is 0 Å². The lowest BCUT2D eigenvalue weighted by Gasteiger charge is -2.17. The minimum atomic E-state index is -2.75. The quantitative estimate of drug-likeness (QED) is 0.431. The molecule has 1 fully saturated rings. The molecule has 1 unspecified atom stereocenters. The second-order valence-corrected chi connectivity index (χ2v) is 3.41. The van der Waals surface area contributed by atoms with E-state index in [2.05, 4.69) is 4.74 Å². The van der Waals surface area contributed by atoms with Gasteiger partial charge in [0.05, 0.1) is 11.2 Å². The lowest BCUT2D eigenvalue weighted by Crippen LogP contribution is -2.30. The van der Waals surface area contributed by atoms with Gasteiger partial charge in [-0.2, -0.15) is 11.8 Å². The Morgan fingerprint density at radius 2 is 2.73 bits per heavy atom. The number of carbonyl (C=O) groups is 2. The highest BCUT2D eigenvalue weighted by atomic mass is 32.2. The molecule has 1 aliphatic heterocycles. The van der Waals surface area contributed by atoms with Gasteiger partial charge >= 0.3 is 5.97 Å². The highest BCUT2D eigenvalue weighted by Crippen LogP contribution is 2.20. The van der Waals surface area contributed by atoms with Crippen molar-refractivity contribution in [3.8, 4) is 0 Å². The SMILES string of the molecule is [2H]C([2H])([2H])OC(=O)C1CSCCC1=O. The predicted molar refractivity (Wildman–Crippen MR) is 42.5 cm³/mol. The highest BCUT2D eigenvalue weighted by Gasteiger charge is 2.29. The summed E-state index contributed by atoms with van der Waals surface area (Å²) in [4.78, 5) is 22.4. The summed E-state index contributed by atoms with van der Waals surface area (Å²) in [5.41, 5.74) is 0. The molecular weight excluding hydrogens is 164 g/mol. The van der Waals surface area contributed by atoms with Crippen LogP contribution in [0.3, 0.4) is 0 Å². The average molecular weight is 177 g/mol. The van der Waals surface area contributed by atoms with E-state index < -0.39 is 18.9 Å². The first kappa shape index (κ1) is 5.19. The fourth-order valence-corrected chi connectivity index (χ4v) is 1.98. The number of ether oxygens (including phenoxy) is 1. The van der Waals surface area contributed by atoms with Crippen molar-refractivity contribution in [1.29, 1.82) is 0 Å². The first-order valence-electron chi connectivity index (χ1n) is 4.73. The highest BCUT2D eigenvalue weighted by molar-refractivity contribution is 7.99. The summed E-state index contributed by atoms with van der Waals surface area (Å²) < 4.78 is 24.3. The molecule has 11 heavy (non-hydrogen) atoms. The van der Waals surface area contributed by atoms with Crippen molar-refractivity contribution in [1.82, 2.24) is 0 Å². The Balaban J connectivity index is 2.55. The Morgan fingerprint density at radius 3 is 3.36 bits per heavy atom. The van der Waals surface area contributed by atoms with Crippen molar-refractivity contribution < 1.29 is 18.4 Å². The van der Waals surface area contributed by atoms with Gasteiger partial charge in [0, 0.05) is 17.9 Å². The fourth-order valence-electron chi connectivity index (χ4n) is 0.912. The van der Waals surface area contributed by atoms with Crippen molar-refractivity contribution in [2.45, 2.75) is 6.42 Å². The van der Waals surface area contributed by atoms with E-state index in [1.807, 2.05) is 0 Å². The molecular formula is C7H10O3S. The van der Waals surface area contributed by atoms with Gasteiger partial charge < -0.3 is 4.74 Å². The molecule has 1 rings (SSSR count).